The van der Waals surface area contributed by atoms with E-state index in [1.54, 1.807) is 6.07 Å². The summed E-state index contributed by atoms with van der Waals surface area (Å²) in [6.07, 6.45) is 0. The molecule has 0 saturated carbocycles. The van der Waals surface area contributed by atoms with Crippen LogP contribution in [0.1, 0.15) is 11.6 Å². The first-order valence-corrected chi connectivity index (χ1v) is 6.99. The van der Waals surface area contributed by atoms with Gasteiger partial charge >= 0.3 is 0 Å². The third kappa shape index (κ3) is 2.71. The maximum atomic E-state index is 13.0. The van der Waals surface area contributed by atoms with E-state index in [0.29, 0.717) is 19.8 Å². The summed E-state index contributed by atoms with van der Waals surface area (Å²) in [5, 5.41) is 11.5. The molecule has 2 heterocycles. The fourth-order valence-corrected chi connectivity index (χ4v) is 2.66. The molecule has 1 N–H and O–H groups in total. The number of rotatable bonds is 3. The van der Waals surface area contributed by atoms with E-state index in [2.05, 4.69) is 42.7 Å². The molecule has 3 rings (SSSR count). The van der Waals surface area contributed by atoms with Gasteiger partial charge in [0.15, 0.2) is 11.6 Å². The number of hydrogen-bond acceptors (Lipinski definition) is 4. The van der Waals surface area contributed by atoms with Crippen molar-refractivity contribution in [1.29, 1.82) is 0 Å². The van der Waals surface area contributed by atoms with Gasteiger partial charge in [-0.3, -0.25) is 0 Å². The van der Waals surface area contributed by atoms with Crippen molar-refractivity contribution >= 4 is 28.3 Å². The lowest BCUT2D eigenvalue weighted by Crippen LogP contribution is -2.19. The van der Waals surface area contributed by atoms with Gasteiger partial charge in [0.1, 0.15) is 12.4 Å². The molecule has 19 heavy (non-hydrogen) atoms. The number of halogens is 2. The van der Waals surface area contributed by atoms with Crippen molar-refractivity contribution < 1.29 is 9.13 Å². The molecule has 1 aromatic carbocycles. The second kappa shape index (κ2) is 5.41. The van der Waals surface area contributed by atoms with E-state index in [4.69, 9.17) is 4.74 Å². The quantitative estimate of drug-likeness (QED) is 0.837. The second-order valence-electron chi connectivity index (χ2n) is 4.21. The minimum absolute atomic E-state index is 0.230. The largest absolute Gasteiger partial charge is 0.377 e. The first-order valence-electron chi connectivity index (χ1n) is 5.91. The van der Waals surface area contributed by atoms with Crippen molar-refractivity contribution in [2.45, 2.75) is 19.7 Å². The third-order valence-corrected chi connectivity index (χ3v) is 3.85. The van der Waals surface area contributed by atoms with Crippen LogP contribution in [0.15, 0.2) is 18.2 Å². The summed E-state index contributed by atoms with van der Waals surface area (Å²) in [5.41, 5.74) is 0.895. The average molecular weight is 374 g/mol. The van der Waals surface area contributed by atoms with Crippen LogP contribution in [0.5, 0.6) is 0 Å². The lowest BCUT2D eigenvalue weighted by atomic mass is 10.3. The normalized spacial score (nSPS) is 14.2. The van der Waals surface area contributed by atoms with Crippen LogP contribution in [0.25, 0.3) is 0 Å². The molecule has 0 spiro atoms. The molecule has 7 heteroatoms. The van der Waals surface area contributed by atoms with Crippen LogP contribution in [0.3, 0.4) is 0 Å². The van der Waals surface area contributed by atoms with Crippen molar-refractivity contribution in [3.05, 3.63) is 39.2 Å². The van der Waals surface area contributed by atoms with Crippen molar-refractivity contribution in [2.24, 2.45) is 0 Å². The first kappa shape index (κ1) is 12.8. The number of fused-ring (bicyclic) bond motifs is 1. The molecular weight excluding hydrogens is 362 g/mol. The highest BCUT2D eigenvalue weighted by Gasteiger charge is 2.15. The summed E-state index contributed by atoms with van der Waals surface area (Å²) < 4.78 is 21.2. The molecule has 0 saturated heterocycles. The SMILES string of the molecule is Fc1ccc(NCc2nnc3n2CCOC3)c(I)c1. The van der Waals surface area contributed by atoms with E-state index >= 15 is 0 Å². The van der Waals surface area contributed by atoms with Gasteiger partial charge in [-0.15, -0.1) is 10.2 Å². The fourth-order valence-electron chi connectivity index (χ4n) is 1.99. The molecular formula is C12H12FIN4O. The van der Waals surface area contributed by atoms with Gasteiger partial charge in [0, 0.05) is 15.8 Å². The van der Waals surface area contributed by atoms with Gasteiger partial charge in [-0.2, -0.15) is 0 Å². The van der Waals surface area contributed by atoms with Crippen LogP contribution < -0.4 is 5.32 Å². The van der Waals surface area contributed by atoms with E-state index in [-0.39, 0.29) is 5.82 Å². The molecule has 5 nitrogen and oxygen atoms in total. The molecule has 2 aromatic rings. The van der Waals surface area contributed by atoms with E-state index in [0.717, 1.165) is 27.5 Å². The summed E-state index contributed by atoms with van der Waals surface area (Å²) in [7, 11) is 0. The summed E-state index contributed by atoms with van der Waals surface area (Å²) in [6.45, 7) is 2.54. The summed E-state index contributed by atoms with van der Waals surface area (Å²) in [5.74, 6) is 1.50. The minimum atomic E-state index is -0.230. The molecule has 0 bridgehead atoms. The fraction of sp³-hybridized carbons (Fsp3) is 0.333. The van der Waals surface area contributed by atoms with Gasteiger partial charge < -0.3 is 14.6 Å². The van der Waals surface area contributed by atoms with Crippen molar-refractivity contribution in [3.63, 3.8) is 0 Å². The Bertz CT molecular complexity index is 601. The molecule has 100 valence electrons. The van der Waals surface area contributed by atoms with Crippen molar-refractivity contribution in [2.75, 3.05) is 11.9 Å². The van der Waals surface area contributed by atoms with Gasteiger partial charge in [0.05, 0.1) is 13.2 Å². The summed E-state index contributed by atoms with van der Waals surface area (Å²) in [6, 6.07) is 4.67. The minimum Gasteiger partial charge on any atom is -0.377 e. The summed E-state index contributed by atoms with van der Waals surface area (Å²) in [4.78, 5) is 0. The van der Waals surface area contributed by atoms with Crippen LogP contribution >= 0.6 is 22.6 Å². The maximum absolute atomic E-state index is 13.0. The molecule has 0 aliphatic carbocycles. The lowest BCUT2D eigenvalue weighted by molar-refractivity contribution is 0.0807. The predicted molar refractivity (Wildman–Crippen MR) is 76.1 cm³/mol. The van der Waals surface area contributed by atoms with Crippen LogP contribution in [0.4, 0.5) is 10.1 Å². The number of ether oxygens (including phenoxy) is 1. The Morgan fingerprint density at radius 3 is 3.16 bits per heavy atom. The van der Waals surface area contributed by atoms with E-state index in [1.807, 2.05) is 0 Å². The van der Waals surface area contributed by atoms with Gasteiger partial charge in [0.2, 0.25) is 0 Å². The molecule has 0 unspecified atom stereocenters. The zero-order chi connectivity index (χ0) is 13.2. The number of anilines is 1. The first-order chi connectivity index (χ1) is 9.24. The van der Waals surface area contributed by atoms with Gasteiger partial charge in [-0.05, 0) is 40.8 Å². The Morgan fingerprint density at radius 1 is 1.42 bits per heavy atom. The van der Waals surface area contributed by atoms with Crippen molar-refractivity contribution in [1.82, 2.24) is 14.8 Å². The van der Waals surface area contributed by atoms with E-state index in [1.165, 1.54) is 12.1 Å². The number of nitrogens with one attached hydrogen (secondary N) is 1. The Balaban J connectivity index is 1.74. The van der Waals surface area contributed by atoms with Gasteiger partial charge in [-0.1, -0.05) is 0 Å². The molecule has 1 aromatic heterocycles. The average Bonchev–Trinajstić information content (AvgIpc) is 2.81. The molecule has 0 radical (unpaired) electrons. The number of hydrogen-bond donors (Lipinski definition) is 1. The van der Waals surface area contributed by atoms with Crippen LogP contribution in [0, 0.1) is 9.39 Å². The molecule has 0 amide bonds. The number of benzene rings is 1. The molecule has 1 aliphatic heterocycles. The number of aromatic nitrogens is 3. The van der Waals surface area contributed by atoms with Crippen LogP contribution in [-0.4, -0.2) is 21.4 Å². The second-order valence-corrected chi connectivity index (χ2v) is 5.38. The van der Waals surface area contributed by atoms with E-state index in [9.17, 15) is 4.39 Å². The third-order valence-electron chi connectivity index (χ3n) is 2.96. The Morgan fingerprint density at radius 2 is 2.32 bits per heavy atom. The maximum Gasteiger partial charge on any atom is 0.159 e. The lowest BCUT2D eigenvalue weighted by Gasteiger charge is -2.16. The predicted octanol–water partition coefficient (Wildman–Crippen LogP) is 2.16. The monoisotopic (exact) mass is 374 g/mol. The summed E-state index contributed by atoms with van der Waals surface area (Å²) >= 11 is 2.11. The number of nitrogens with zero attached hydrogens (tertiary/aromatic N) is 3. The molecule has 0 atom stereocenters. The Kier molecular flexibility index (Phi) is 3.65. The topological polar surface area (TPSA) is 52.0 Å². The van der Waals surface area contributed by atoms with E-state index < -0.39 is 0 Å². The zero-order valence-corrected chi connectivity index (χ0v) is 12.2. The van der Waals surface area contributed by atoms with Gasteiger partial charge in [0.25, 0.3) is 0 Å². The molecule has 0 fully saturated rings. The Labute approximate surface area is 123 Å². The van der Waals surface area contributed by atoms with Crippen LogP contribution in [0.2, 0.25) is 0 Å². The smallest absolute Gasteiger partial charge is 0.159 e. The highest BCUT2D eigenvalue weighted by molar-refractivity contribution is 14.1. The Hall–Kier alpha value is -1.22. The van der Waals surface area contributed by atoms with Crippen molar-refractivity contribution in [3.8, 4) is 0 Å². The standard InChI is InChI=1S/C12H12FIN4O/c13-8-1-2-10(9(14)5-8)15-6-11-16-17-12-7-19-4-3-18(11)12/h1-2,5,15H,3-4,6-7H2. The highest BCUT2D eigenvalue weighted by atomic mass is 127. The zero-order valence-electron chi connectivity index (χ0n) is 10.1. The van der Waals surface area contributed by atoms with Crippen LogP contribution in [-0.2, 0) is 24.4 Å². The van der Waals surface area contributed by atoms with Gasteiger partial charge in [-0.25, -0.2) is 4.39 Å². The molecule has 1 aliphatic rings. The highest BCUT2D eigenvalue weighted by Crippen LogP contribution is 2.20.